The summed E-state index contributed by atoms with van der Waals surface area (Å²) in [6, 6.07) is 5.24. The quantitative estimate of drug-likeness (QED) is 0.823. The highest BCUT2D eigenvalue weighted by Gasteiger charge is 2.31. The summed E-state index contributed by atoms with van der Waals surface area (Å²) in [6.07, 6.45) is 2.00. The number of para-hydroxylation sites is 1. The molecule has 5 heteroatoms. The first-order valence-corrected chi connectivity index (χ1v) is 6.46. The third kappa shape index (κ3) is 2.76. The molecule has 18 heavy (non-hydrogen) atoms. The van der Waals surface area contributed by atoms with Crippen LogP contribution in [0.5, 0.6) is 0 Å². The first kappa shape index (κ1) is 13.2. The maximum atomic E-state index is 12.0. The molecular weight excluding hydrogens is 252 g/mol. The van der Waals surface area contributed by atoms with Gasteiger partial charge in [0.15, 0.2) is 0 Å². The summed E-state index contributed by atoms with van der Waals surface area (Å²) in [6.45, 7) is 2.69. The molecule has 0 atom stereocenters. The molecule has 0 aromatic heterocycles. The van der Waals surface area contributed by atoms with E-state index >= 15 is 0 Å². The number of rotatable bonds is 4. The van der Waals surface area contributed by atoms with Crippen LogP contribution in [0.2, 0.25) is 5.02 Å². The molecule has 0 heterocycles. The van der Waals surface area contributed by atoms with Crippen molar-refractivity contribution in [3.63, 3.8) is 0 Å². The number of ether oxygens (including phenoxy) is 1. The average molecular weight is 269 g/mol. The summed E-state index contributed by atoms with van der Waals surface area (Å²) in [5.41, 5.74) is 6.54. The van der Waals surface area contributed by atoms with Gasteiger partial charge >= 0.3 is 0 Å². The van der Waals surface area contributed by atoms with Gasteiger partial charge in [0.05, 0.1) is 22.4 Å². The number of nitrogen functional groups attached to an aromatic ring is 1. The van der Waals surface area contributed by atoms with Crippen LogP contribution in [0.3, 0.4) is 0 Å². The van der Waals surface area contributed by atoms with Crippen molar-refractivity contribution in [2.24, 2.45) is 0 Å². The molecule has 1 fully saturated rings. The summed E-state index contributed by atoms with van der Waals surface area (Å²) in [4.78, 5) is 12.0. The number of halogens is 1. The summed E-state index contributed by atoms with van der Waals surface area (Å²) in [7, 11) is 0. The second-order valence-electron chi connectivity index (χ2n) is 4.42. The van der Waals surface area contributed by atoms with Crippen LogP contribution in [0.4, 0.5) is 5.69 Å². The zero-order valence-corrected chi connectivity index (χ0v) is 11.0. The lowest BCUT2D eigenvalue weighted by atomic mass is 9.89. The number of nitrogens with one attached hydrogen (secondary N) is 1. The maximum Gasteiger partial charge on any atom is 0.253 e. The molecule has 0 unspecified atom stereocenters. The van der Waals surface area contributed by atoms with Gasteiger partial charge < -0.3 is 15.8 Å². The lowest BCUT2D eigenvalue weighted by Gasteiger charge is -2.35. The van der Waals surface area contributed by atoms with E-state index in [9.17, 15) is 4.79 Å². The molecular formula is C13H17ClN2O2. The van der Waals surface area contributed by atoms with E-state index in [1.165, 1.54) is 0 Å². The van der Waals surface area contributed by atoms with Gasteiger partial charge in [-0.2, -0.15) is 0 Å². The molecule has 1 saturated carbocycles. The number of amides is 1. The van der Waals surface area contributed by atoms with Crippen LogP contribution in [-0.2, 0) is 4.74 Å². The van der Waals surface area contributed by atoms with E-state index in [-0.39, 0.29) is 18.1 Å². The molecule has 1 aliphatic rings. The van der Waals surface area contributed by atoms with E-state index in [4.69, 9.17) is 22.1 Å². The van der Waals surface area contributed by atoms with E-state index < -0.39 is 0 Å². The van der Waals surface area contributed by atoms with Gasteiger partial charge in [0.25, 0.3) is 5.91 Å². The third-order valence-corrected chi connectivity index (χ3v) is 3.46. The summed E-state index contributed by atoms with van der Waals surface area (Å²) in [5.74, 6) is -0.171. The minimum atomic E-state index is -0.171. The number of nitrogens with two attached hydrogens (primary N) is 1. The standard InChI is InChI=1S/C13H17ClN2O2/c1-2-18-9-6-8(7-9)16-13(17)10-4-3-5-11(14)12(10)15/h3-5,8-9H,2,6-7,15H2,1H3,(H,16,17). The fourth-order valence-corrected chi connectivity index (χ4v) is 2.23. The Balaban J connectivity index is 1.91. The van der Waals surface area contributed by atoms with Crippen molar-refractivity contribution in [1.29, 1.82) is 0 Å². The van der Waals surface area contributed by atoms with Gasteiger partial charge in [0.1, 0.15) is 0 Å². The first-order chi connectivity index (χ1) is 8.61. The monoisotopic (exact) mass is 268 g/mol. The zero-order valence-electron chi connectivity index (χ0n) is 10.3. The van der Waals surface area contributed by atoms with E-state index in [2.05, 4.69) is 5.32 Å². The summed E-state index contributed by atoms with van der Waals surface area (Å²) < 4.78 is 5.44. The Kier molecular flexibility index (Phi) is 4.09. The molecule has 0 spiro atoms. The van der Waals surface area contributed by atoms with Gasteiger partial charge in [-0.1, -0.05) is 17.7 Å². The SMILES string of the molecule is CCOC1CC(NC(=O)c2cccc(Cl)c2N)C1. The number of hydrogen-bond donors (Lipinski definition) is 2. The molecule has 3 N–H and O–H groups in total. The van der Waals surface area contributed by atoms with Crippen LogP contribution in [0.15, 0.2) is 18.2 Å². The van der Waals surface area contributed by atoms with Gasteiger partial charge in [0.2, 0.25) is 0 Å². The van der Waals surface area contributed by atoms with Crippen molar-refractivity contribution in [3.8, 4) is 0 Å². The Morgan fingerprint density at radius 3 is 2.94 bits per heavy atom. The first-order valence-electron chi connectivity index (χ1n) is 6.08. The van der Waals surface area contributed by atoms with Crippen LogP contribution in [-0.4, -0.2) is 24.7 Å². The lowest BCUT2D eigenvalue weighted by molar-refractivity contribution is -0.00861. The van der Waals surface area contributed by atoms with Crippen LogP contribution in [0.1, 0.15) is 30.1 Å². The number of carbonyl (C=O) groups excluding carboxylic acids is 1. The normalized spacial score (nSPS) is 22.3. The summed E-state index contributed by atoms with van der Waals surface area (Å²) >= 11 is 5.88. The molecule has 0 bridgehead atoms. The number of carbonyl (C=O) groups is 1. The Hall–Kier alpha value is -1.26. The molecule has 98 valence electrons. The second kappa shape index (κ2) is 5.59. The van der Waals surface area contributed by atoms with Crippen LogP contribution in [0, 0.1) is 0 Å². The zero-order chi connectivity index (χ0) is 13.1. The van der Waals surface area contributed by atoms with Crippen molar-refractivity contribution in [3.05, 3.63) is 28.8 Å². The minimum absolute atomic E-state index is 0.171. The lowest BCUT2D eigenvalue weighted by Crippen LogP contribution is -2.47. The third-order valence-electron chi connectivity index (χ3n) is 3.13. The van der Waals surface area contributed by atoms with Crippen LogP contribution >= 0.6 is 11.6 Å². The second-order valence-corrected chi connectivity index (χ2v) is 4.83. The predicted molar refractivity (Wildman–Crippen MR) is 71.8 cm³/mol. The number of benzene rings is 1. The van der Waals surface area contributed by atoms with Gasteiger partial charge in [-0.05, 0) is 31.9 Å². The Bertz CT molecular complexity index is 445. The molecule has 1 aromatic carbocycles. The number of anilines is 1. The fraction of sp³-hybridized carbons (Fsp3) is 0.462. The van der Waals surface area contributed by atoms with Crippen LogP contribution in [0.25, 0.3) is 0 Å². The predicted octanol–water partition coefficient (Wildman–Crippen LogP) is 2.22. The average Bonchev–Trinajstić information content (AvgIpc) is 2.30. The van der Waals surface area contributed by atoms with Crippen molar-refractivity contribution in [2.45, 2.75) is 31.9 Å². The Labute approximate surface area is 111 Å². The van der Waals surface area contributed by atoms with Gasteiger partial charge in [-0.3, -0.25) is 4.79 Å². The molecule has 1 aromatic rings. The van der Waals surface area contributed by atoms with E-state index in [1.807, 2.05) is 6.92 Å². The largest absolute Gasteiger partial charge is 0.397 e. The van der Waals surface area contributed by atoms with E-state index in [0.29, 0.717) is 22.9 Å². The Morgan fingerprint density at radius 1 is 1.56 bits per heavy atom. The minimum Gasteiger partial charge on any atom is -0.397 e. The highest BCUT2D eigenvalue weighted by Crippen LogP contribution is 2.26. The molecule has 1 amide bonds. The molecule has 0 aliphatic heterocycles. The Morgan fingerprint density at radius 2 is 2.28 bits per heavy atom. The van der Waals surface area contributed by atoms with E-state index in [0.717, 1.165) is 12.8 Å². The van der Waals surface area contributed by atoms with Gasteiger partial charge in [0, 0.05) is 12.6 Å². The highest BCUT2D eigenvalue weighted by atomic mass is 35.5. The van der Waals surface area contributed by atoms with E-state index in [1.54, 1.807) is 18.2 Å². The van der Waals surface area contributed by atoms with Crippen molar-refractivity contribution >= 4 is 23.2 Å². The number of hydrogen-bond acceptors (Lipinski definition) is 3. The molecule has 0 radical (unpaired) electrons. The van der Waals surface area contributed by atoms with Crippen LogP contribution < -0.4 is 11.1 Å². The smallest absolute Gasteiger partial charge is 0.253 e. The van der Waals surface area contributed by atoms with Gasteiger partial charge in [-0.25, -0.2) is 0 Å². The molecule has 2 rings (SSSR count). The summed E-state index contributed by atoms with van der Waals surface area (Å²) in [5, 5.41) is 3.34. The van der Waals surface area contributed by atoms with Crippen molar-refractivity contribution in [1.82, 2.24) is 5.32 Å². The fourth-order valence-electron chi connectivity index (χ4n) is 2.05. The highest BCUT2D eigenvalue weighted by molar-refractivity contribution is 6.33. The van der Waals surface area contributed by atoms with Gasteiger partial charge in [-0.15, -0.1) is 0 Å². The maximum absolute atomic E-state index is 12.0. The van der Waals surface area contributed by atoms with Crippen molar-refractivity contribution < 1.29 is 9.53 Å². The molecule has 4 nitrogen and oxygen atoms in total. The topological polar surface area (TPSA) is 64.3 Å². The molecule has 1 aliphatic carbocycles. The van der Waals surface area contributed by atoms with Crippen molar-refractivity contribution in [2.75, 3.05) is 12.3 Å². The molecule has 0 saturated heterocycles.